The Kier molecular flexibility index (Phi) is 6.21. The topological polar surface area (TPSA) is 67.4 Å². The summed E-state index contributed by atoms with van der Waals surface area (Å²) in [5, 5.41) is 6.51. The van der Waals surface area contributed by atoms with Crippen molar-refractivity contribution in [3.05, 3.63) is 64.7 Å². The third kappa shape index (κ3) is 4.73. The molecule has 0 radical (unpaired) electrons. The molecular weight excluding hydrogens is 328 g/mol. The van der Waals surface area contributed by atoms with Crippen LogP contribution >= 0.6 is 11.6 Å². The van der Waals surface area contributed by atoms with Gasteiger partial charge < -0.3 is 15.4 Å². The number of nitrogens with one attached hydrogen (secondary N) is 2. The van der Waals surface area contributed by atoms with E-state index in [-0.39, 0.29) is 18.5 Å². The van der Waals surface area contributed by atoms with Crippen molar-refractivity contribution in [1.82, 2.24) is 5.32 Å². The van der Waals surface area contributed by atoms with Crippen LogP contribution in [0.25, 0.3) is 0 Å². The molecule has 5 nitrogen and oxygen atoms in total. The molecule has 126 valence electrons. The normalized spacial score (nSPS) is 11.5. The zero-order chi connectivity index (χ0) is 17.5. The van der Waals surface area contributed by atoms with Crippen LogP contribution in [0.2, 0.25) is 5.02 Å². The van der Waals surface area contributed by atoms with E-state index in [9.17, 15) is 9.59 Å². The van der Waals surface area contributed by atoms with Gasteiger partial charge in [-0.15, -0.1) is 0 Å². The number of carbonyl (C=O) groups is 2. The van der Waals surface area contributed by atoms with Gasteiger partial charge >= 0.3 is 5.97 Å². The lowest BCUT2D eigenvalue weighted by Crippen LogP contribution is -2.32. The fraction of sp³-hybridized carbons (Fsp3) is 0.222. The monoisotopic (exact) mass is 346 g/mol. The highest BCUT2D eigenvalue weighted by atomic mass is 35.5. The third-order valence-corrected chi connectivity index (χ3v) is 3.85. The fourth-order valence-electron chi connectivity index (χ4n) is 2.22. The Morgan fingerprint density at radius 1 is 1.12 bits per heavy atom. The lowest BCUT2D eigenvalue weighted by molar-refractivity contribution is -0.120. The van der Waals surface area contributed by atoms with Crippen molar-refractivity contribution in [3.63, 3.8) is 0 Å². The minimum atomic E-state index is -0.396. The second-order valence-corrected chi connectivity index (χ2v) is 5.64. The first kappa shape index (κ1) is 17.8. The summed E-state index contributed by atoms with van der Waals surface area (Å²) in [6.45, 7) is 2.00. The largest absolute Gasteiger partial charge is 0.465 e. The van der Waals surface area contributed by atoms with Gasteiger partial charge in [0.05, 0.1) is 25.3 Å². The Labute approximate surface area is 146 Å². The first-order valence-electron chi connectivity index (χ1n) is 7.47. The van der Waals surface area contributed by atoms with Crippen molar-refractivity contribution in [2.75, 3.05) is 19.0 Å². The highest BCUT2D eigenvalue weighted by Crippen LogP contribution is 2.21. The molecule has 0 saturated heterocycles. The molecule has 0 aliphatic heterocycles. The van der Waals surface area contributed by atoms with Crippen molar-refractivity contribution in [3.8, 4) is 0 Å². The number of halogens is 1. The van der Waals surface area contributed by atoms with Crippen LogP contribution in [0.15, 0.2) is 48.5 Å². The van der Waals surface area contributed by atoms with Crippen molar-refractivity contribution >= 4 is 29.2 Å². The van der Waals surface area contributed by atoms with Crippen LogP contribution in [-0.2, 0) is 9.53 Å². The van der Waals surface area contributed by atoms with Gasteiger partial charge in [0.15, 0.2) is 0 Å². The summed E-state index contributed by atoms with van der Waals surface area (Å²) in [4.78, 5) is 23.4. The van der Waals surface area contributed by atoms with E-state index in [0.29, 0.717) is 10.6 Å². The molecule has 2 rings (SSSR count). The van der Waals surface area contributed by atoms with E-state index in [4.69, 9.17) is 11.6 Å². The van der Waals surface area contributed by atoms with Gasteiger partial charge in [-0.25, -0.2) is 4.79 Å². The second kappa shape index (κ2) is 8.36. The van der Waals surface area contributed by atoms with Crippen LogP contribution in [0.5, 0.6) is 0 Å². The molecule has 0 aliphatic rings. The smallest absolute Gasteiger partial charge is 0.337 e. The first-order chi connectivity index (χ1) is 11.5. The Morgan fingerprint density at radius 3 is 2.42 bits per heavy atom. The number of rotatable bonds is 6. The molecule has 0 bridgehead atoms. The molecule has 24 heavy (non-hydrogen) atoms. The molecule has 2 aromatic carbocycles. The summed E-state index contributed by atoms with van der Waals surface area (Å²) in [6, 6.07) is 13.9. The standard InChI is InChI=1S/C18H19ClN2O3/c1-12(15-5-3-4-6-16(15)19)21-17(22)11-20-14-9-7-13(8-10-14)18(23)24-2/h3-10,12,20H,11H2,1-2H3,(H,21,22). The van der Waals surface area contributed by atoms with Gasteiger partial charge in [0, 0.05) is 10.7 Å². The average molecular weight is 347 g/mol. The number of carbonyl (C=O) groups excluding carboxylic acids is 2. The van der Waals surface area contributed by atoms with Crippen molar-refractivity contribution in [2.24, 2.45) is 0 Å². The summed E-state index contributed by atoms with van der Waals surface area (Å²) in [6.07, 6.45) is 0. The van der Waals surface area contributed by atoms with Crippen LogP contribution in [-0.4, -0.2) is 25.5 Å². The van der Waals surface area contributed by atoms with Gasteiger partial charge in [0.25, 0.3) is 0 Å². The van der Waals surface area contributed by atoms with E-state index >= 15 is 0 Å². The molecule has 6 heteroatoms. The third-order valence-electron chi connectivity index (χ3n) is 3.51. The van der Waals surface area contributed by atoms with Gasteiger partial charge in [-0.05, 0) is 42.8 Å². The molecule has 2 aromatic rings. The van der Waals surface area contributed by atoms with Gasteiger partial charge in [0.2, 0.25) is 5.91 Å². The zero-order valence-corrected chi connectivity index (χ0v) is 14.3. The molecule has 0 aromatic heterocycles. The zero-order valence-electron chi connectivity index (χ0n) is 13.5. The number of methoxy groups -OCH3 is 1. The maximum Gasteiger partial charge on any atom is 0.337 e. The van der Waals surface area contributed by atoms with E-state index in [1.54, 1.807) is 30.3 Å². The summed E-state index contributed by atoms with van der Waals surface area (Å²) < 4.78 is 4.64. The summed E-state index contributed by atoms with van der Waals surface area (Å²) in [7, 11) is 1.33. The summed E-state index contributed by atoms with van der Waals surface area (Å²) in [5.74, 6) is -0.549. The molecule has 0 spiro atoms. The van der Waals surface area contributed by atoms with E-state index in [2.05, 4.69) is 15.4 Å². The van der Waals surface area contributed by atoms with E-state index in [1.807, 2.05) is 25.1 Å². The number of benzene rings is 2. The van der Waals surface area contributed by atoms with Crippen molar-refractivity contribution < 1.29 is 14.3 Å². The Balaban J connectivity index is 1.87. The van der Waals surface area contributed by atoms with Gasteiger partial charge in [0.1, 0.15) is 0 Å². The van der Waals surface area contributed by atoms with Gasteiger partial charge in [-0.3, -0.25) is 4.79 Å². The second-order valence-electron chi connectivity index (χ2n) is 5.23. The number of hydrogen-bond acceptors (Lipinski definition) is 4. The fourth-order valence-corrected chi connectivity index (χ4v) is 2.52. The van der Waals surface area contributed by atoms with Gasteiger partial charge in [-0.1, -0.05) is 29.8 Å². The summed E-state index contributed by atoms with van der Waals surface area (Å²) in [5.41, 5.74) is 2.07. The molecule has 0 aliphatic carbocycles. The van der Waals surface area contributed by atoms with E-state index in [1.165, 1.54) is 7.11 Å². The van der Waals surface area contributed by atoms with Crippen molar-refractivity contribution in [1.29, 1.82) is 0 Å². The van der Waals surface area contributed by atoms with Crippen LogP contribution < -0.4 is 10.6 Å². The minimum absolute atomic E-state index is 0.117. The SMILES string of the molecule is COC(=O)c1ccc(NCC(=O)NC(C)c2ccccc2Cl)cc1. The van der Waals surface area contributed by atoms with Crippen LogP contribution in [0, 0.1) is 0 Å². The molecule has 2 N–H and O–H groups in total. The van der Waals surface area contributed by atoms with E-state index in [0.717, 1.165) is 11.3 Å². The Hall–Kier alpha value is -2.53. The first-order valence-corrected chi connectivity index (χ1v) is 7.85. The highest BCUT2D eigenvalue weighted by molar-refractivity contribution is 6.31. The number of ether oxygens (including phenoxy) is 1. The molecule has 1 unspecified atom stereocenters. The van der Waals surface area contributed by atoms with Crippen LogP contribution in [0.4, 0.5) is 5.69 Å². The predicted octanol–water partition coefficient (Wildman–Crippen LogP) is 3.42. The number of hydrogen-bond donors (Lipinski definition) is 2. The quantitative estimate of drug-likeness (QED) is 0.786. The van der Waals surface area contributed by atoms with Crippen molar-refractivity contribution in [2.45, 2.75) is 13.0 Å². The average Bonchev–Trinajstić information content (AvgIpc) is 2.60. The summed E-state index contributed by atoms with van der Waals surface area (Å²) >= 11 is 6.12. The molecule has 0 fully saturated rings. The van der Waals surface area contributed by atoms with Crippen LogP contribution in [0.3, 0.4) is 0 Å². The predicted molar refractivity (Wildman–Crippen MR) is 94.3 cm³/mol. The molecule has 0 saturated carbocycles. The van der Waals surface area contributed by atoms with Crippen LogP contribution in [0.1, 0.15) is 28.9 Å². The Morgan fingerprint density at radius 2 is 1.79 bits per heavy atom. The minimum Gasteiger partial charge on any atom is -0.465 e. The maximum absolute atomic E-state index is 12.0. The maximum atomic E-state index is 12.0. The Bertz CT molecular complexity index is 716. The molecule has 1 amide bonds. The number of esters is 1. The molecular formula is C18H19ClN2O3. The molecule has 1 atom stereocenters. The number of amides is 1. The van der Waals surface area contributed by atoms with E-state index < -0.39 is 5.97 Å². The molecule has 0 heterocycles. The van der Waals surface area contributed by atoms with Gasteiger partial charge in [-0.2, -0.15) is 0 Å². The number of anilines is 1. The lowest BCUT2D eigenvalue weighted by atomic mass is 10.1. The highest BCUT2D eigenvalue weighted by Gasteiger charge is 2.12. The lowest BCUT2D eigenvalue weighted by Gasteiger charge is -2.16.